The van der Waals surface area contributed by atoms with Crippen molar-refractivity contribution in [3.05, 3.63) is 46.5 Å². The summed E-state index contributed by atoms with van der Waals surface area (Å²) in [5.74, 6) is -0.438. The molecule has 7 heteroatoms. The first-order valence-electron chi connectivity index (χ1n) is 4.47. The molecule has 17 heavy (non-hydrogen) atoms. The molecule has 0 spiro atoms. The Hall–Kier alpha value is -1.76. The first-order chi connectivity index (χ1) is 7.98. The maximum atomic E-state index is 12.3. The Morgan fingerprint density at radius 3 is 2.29 bits per heavy atom. The SMILES string of the molecule is O=C(c1ccc(C(F)(F)F)cc1)c1csnn1. The highest BCUT2D eigenvalue weighted by molar-refractivity contribution is 7.03. The third kappa shape index (κ3) is 2.50. The average molecular weight is 258 g/mol. The zero-order chi connectivity index (χ0) is 12.5. The summed E-state index contributed by atoms with van der Waals surface area (Å²) in [6, 6.07) is 4.00. The fraction of sp³-hybridized carbons (Fsp3) is 0.100. The minimum absolute atomic E-state index is 0.134. The van der Waals surface area contributed by atoms with Crippen LogP contribution in [0.15, 0.2) is 29.6 Å². The van der Waals surface area contributed by atoms with E-state index >= 15 is 0 Å². The van der Waals surface area contributed by atoms with Crippen molar-refractivity contribution < 1.29 is 18.0 Å². The number of nitrogens with zero attached hydrogens (tertiary/aromatic N) is 2. The Kier molecular flexibility index (Phi) is 2.93. The van der Waals surface area contributed by atoms with Crippen LogP contribution in [0.25, 0.3) is 0 Å². The number of aromatic nitrogens is 2. The molecule has 88 valence electrons. The van der Waals surface area contributed by atoms with Crippen LogP contribution in [0.3, 0.4) is 0 Å². The lowest BCUT2D eigenvalue weighted by molar-refractivity contribution is -0.137. The van der Waals surface area contributed by atoms with Crippen molar-refractivity contribution >= 4 is 17.3 Å². The molecule has 0 N–H and O–H groups in total. The fourth-order valence-corrected chi connectivity index (χ4v) is 1.66. The lowest BCUT2D eigenvalue weighted by Gasteiger charge is -2.06. The smallest absolute Gasteiger partial charge is 0.287 e. The molecule has 0 aliphatic rings. The van der Waals surface area contributed by atoms with Crippen molar-refractivity contribution in [1.82, 2.24) is 9.59 Å². The van der Waals surface area contributed by atoms with Crippen molar-refractivity contribution in [2.24, 2.45) is 0 Å². The first kappa shape index (κ1) is 11.7. The number of rotatable bonds is 2. The third-order valence-electron chi connectivity index (χ3n) is 2.07. The first-order valence-corrected chi connectivity index (χ1v) is 5.31. The molecule has 0 saturated carbocycles. The van der Waals surface area contributed by atoms with E-state index in [0.717, 1.165) is 35.8 Å². The highest BCUT2D eigenvalue weighted by atomic mass is 32.1. The number of alkyl halides is 3. The topological polar surface area (TPSA) is 42.9 Å². The van der Waals surface area contributed by atoms with Crippen molar-refractivity contribution in [1.29, 1.82) is 0 Å². The summed E-state index contributed by atoms with van der Waals surface area (Å²) in [4.78, 5) is 11.7. The summed E-state index contributed by atoms with van der Waals surface area (Å²) in [5, 5.41) is 5.00. The summed E-state index contributed by atoms with van der Waals surface area (Å²) in [6.07, 6.45) is -4.40. The predicted octanol–water partition coefficient (Wildman–Crippen LogP) is 2.79. The van der Waals surface area contributed by atoms with Gasteiger partial charge in [0.1, 0.15) is 5.69 Å². The van der Waals surface area contributed by atoms with E-state index < -0.39 is 17.5 Å². The summed E-state index contributed by atoms with van der Waals surface area (Å²) in [6.45, 7) is 0. The van der Waals surface area contributed by atoms with Gasteiger partial charge in [-0.25, -0.2) is 0 Å². The number of halogens is 3. The predicted molar refractivity (Wildman–Crippen MR) is 54.8 cm³/mol. The van der Waals surface area contributed by atoms with E-state index in [1.807, 2.05) is 0 Å². The lowest BCUT2D eigenvalue weighted by Crippen LogP contribution is -2.06. The summed E-state index contributed by atoms with van der Waals surface area (Å²) in [7, 11) is 0. The molecule has 0 atom stereocenters. The van der Waals surface area contributed by atoms with Gasteiger partial charge in [-0.05, 0) is 23.7 Å². The summed E-state index contributed by atoms with van der Waals surface area (Å²) < 4.78 is 40.4. The molecule has 0 fully saturated rings. The van der Waals surface area contributed by atoms with Crippen molar-refractivity contribution in [2.45, 2.75) is 6.18 Å². The Morgan fingerprint density at radius 2 is 1.82 bits per heavy atom. The van der Waals surface area contributed by atoms with E-state index in [1.54, 1.807) is 0 Å². The van der Waals surface area contributed by atoms with Crippen molar-refractivity contribution in [3.8, 4) is 0 Å². The minimum Gasteiger partial charge on any atom is -0.287 e. The van der Waals surface area contributed by atoms with Gasteiger partial charge in [0.2, 0.25) is 5.78 Å². The quantitative estimate of drug-likeness (QED) is 0.778. The number of carbonyl (C=O) groups excluding carboxylic acids is 1. The van der Waals surface area contributed by atoms with E-state index in [0.29, 0.717) is 0 Å². The second-order valence-electron chi connectivity index (χ2n) is 3.19. The van der Waals surface area contributed by atoms with Gasteiger partial charge in [-0.2, -0.15) is 13.2 Å². The van der Waals surface area contributed by atoms with Crippen LogP contribution >= 0.6 is 11.5 Å². The molecule has 0 amide bonds. The number of hydrogen-bond acceptors (Lipinski definition) is 4. The summed E-state index contributed by atoms with van der Waals surface area (Å²) in [5.41, 5.74) is -0.495. The van der Waals surface area contributed by atoms with Crippen molar-refractivity contribution in [3.63, 3.8) is 0 Å². The van der Waals surface area contributed by atoms with Gasteiger partial charge in [0.05, 0.1) is 5.56 Å². The number of benzene rings is 1. The zero-order valence-corrected chi connectivity index (χ0v) is 9.05. The van der Waals surface area contributed by atoms with Gasteiger partial charge in [0.15, 0.2) is 0 Å². The molecular formula is C10H5F3N2OS. The Bertz CT molecular complexity index is 519. The molecule has 0 unspecified atom stereocenters. The molecule has 0 aliphatic heterocycles. The number of ketones is 1. The lowest BCUT2D eigenvalue weighted by atomic mass is 10.1. The molecule has 0 radical (unpaired) electrons. The van der Waals surface area contributed by atoms with Gasteiger partial charge < -0.3 is 0 Å². The van der Waals surface area contributed by atoms with Gasteiger partial charge in [0, 0.05) is 10.9 Å². The zero-order valence-electron chi connectivity index (χ0n) is 8.23. The third-order valence-corrected chi connectivity index (χ3v) is 2.57. The van der Waals surface area contributed by atoms with Crippen LogP contribution in [0, 0.1) is 0 Å². The highest BCUT2D eigenvalue weighted by Crippen LogP contribution is 2.29. The van der Waals surface area contributed by atoms with Crippen LogP contribution in [0.1, 0.15) is 21.6 Å². The van der Waals surface area contributed by atoms with Crippen LogP contribution in [0.2, 0.25) is 0 Å². The molecule has 0 aliphatic carbocycles. The maximum Gasteiger partial charge on any atom is 0.416 e. The monoisotopic (exact) mass is 258 g/mol. The van der Waals surface area contributed by atoms with Gasteiger partial charge >= 0.3 is 6.18 Å². The summed E-state index contributed by atoms with van der Waals surface area (Å²) >= 11 is 1.01. The molecule has 1 heterocycles. The molecule has 2 aromatic rings. The number of carbonyl (C=O) groups is 1. The van der Waals surface area contributed by atoms with E-state index in [9.17, 15) is 18.0 Å². The van der Waals surface area contributed by atoms with E-state index in [1.165, 1.54) is 5.38 Å². The molecule has 0 bridgehead atoms. The van der Waals surface area contributed by atoms with Crippen molar-refractivity contribution in [2.75, 3.05) is 0 Å². The van der Waals surface area contributed by atoms with E-state index in [4.69, 9.17) is 0 Å². The van der Waals surface area contributed by atoms with Gasteiger partial charge in [-0.15, -0.1) is 5.10 Å². The Morgan fingerprint density at radius 1 is 1.18 bits per heavy atom. The van der Waals surface area contributed by atoms with Crippen LogP contribution in [-0.4, -0.2) is 15.4 Å². The minimum atomic E-state index is -4.40. The van der Waals surface area contributed by atoms with Crippen LogP contribution in [0.5, 0.6) is 0 Å². The van der Waals surface area contributed by atoms with Crippen LogP contribution in [0.4, 0.5) is 13.2 Å². The largest absolute Gasteiger partial charge is 0.416 e. The standard InChI is InChI=1S/C10H5F3N2OS/c11-10(12,13)7-3-1-6(2-4-7)9(16)8-5-17-15-14-8/h1-5H. The Labute approximate surface area is 98.1 Å². The molecule has 0 saturated heterocycles. The van der Waals surface area contributed by atoms with E-state index in [2.05, 4.69) is 9.59 Å². The second kappa shape index (κ2) is 4.25. The molecular weight excluding hydrogens is 253 g/mol. The molecule has 1 aromatic heterocycles. The molecule has 1 aromatic carbocycles. The second-order valence-corrected chi connectivity index (χ2v) is 3.80. The fourth-order valence-electron chi connectivity index (χ4n) is 1.22. The van der Waals surface area contributed by atoms with Crippen LogP contribution < -0.4 is 0 Å². The normalized spacial score (nSPS) is 11.5. The van der Waals surface area contributed by atoms with Gasteiger partial charge in [-0.3, -0.25) is 4.79 Å². The molecule has 3 nitrogen and oxygen atoms in total. The van der Waals surface area contributed by atoms with E-state index in [-0.39, 0.29) is 11.3 Å². The maximum absolute atomic E-state index is 12.3. The highest BCUT2D eigenvalue weighted by Gasteiger charge is 2.30. The van der Waals surface area contributed by atoms with Gasteiger partial charge in [0.25, 0.3) is 0 Å². The molecule has 2 rings (SSSR count). The Balaban J connectivity index is 2.28. The van der Waals surface area contributed by atoms with Gasteiger partial charge in [-0.1, -0.05) is 16.6 Å². The average Bonchev–Trinajstić information content (AvgIpc) is 2.80. The number of hydrogen-bond donors (Lipinski definition) is 0. The van der Waals surface area contributed by atoms with Crippen LogP contribution in [-0.2, 0) is 6.18 Å².